The van der Waals surface area contributed by atoms with Crippen LogP contribution in [-0.2, 0) is 20.7 Å². The van der Waals surface area contributed by atoms with Gasteiger partial charge in [0.05, 0.1) is 24.5 Å². The maximum atomic E-state index is 13.4. The molecule has 0 saturated carbocycles. The van der Waals surface area contributed by atoms with Crippen molar-refractivity contribution in [1.82, 2.24) is 9.38 Å². The molecular weight excluding hydrogens is 500 g/mol. The molecule has 0 amide bonds. The van der Waals surface area contributed by atoms with Gasteiger partial charge >= 0.3 is 5.97 Å². The standard InChI is InChI=1S/C31H33ClN2O4/c1-6-36-30(35)28(38-31(3,4)5)26-19(2)17-34-18-24(20-9-7-11-23(32)16-20)33-29(34)27(26)22-12-13-25-21(15-22)10-8-14-37-25/h7,9,11-13,15-18,28H,6,8,10,14H2,1-5H3/t28-/m0/s1. The Bertz CT molecular complexity index is 1500. The molecule has 0 radical (unpaired) electrons. The van der Waals surface area contributed by atoms with Crippen molar-refractivity contribution in [2.45, 2.75) is 59.2 Å². The van der Waals surface area contributed by atoms with Crippen LogP contribution in [0.25, 0.3) is 28.0 Å². The molecule has 1 aliphatic rings. The molecule has 2 aromatic heterocycles. The van der Waals surface area contributed by atoms with Crippen LogP contribution in [0.2, 0.25) is 5.02 Å². The Balaban J connectivity index is 1.80. The molecule has 0 aliphatic carbocycles. The molecule has 0 N–H and O–H groups in total. The van der Waals surface area contributed by atoms with E-state index in [9.17, 15) is 4.79 Å². The normalized spacial score (nSPS) is 14.2. The van der Waals surface area contributed by atoms with Gasteiger partial charge < -0.3 is 18.6 Å². The fraction of sp³-hybridized carbons (Fsp3) is 0.355. The van der Waals surface area contributed by atoms with Crippen molar-refractivity contribution in [1.29, 1.82) is 0 Å². The van der Waals surface area contributed by atoms with E-state index in [0.717, 1.165) is 69.9 Å². The van der Waals surface area contributed by atoms with Gasteiger partial charge in [0, 0.05) is 34.1 Å². The molecular formula is C31H33ClN2O4. The van der Waals surface area contributed by atoms with Gasteiger partial charge in [0.2, 0.25) is 0 Å². The number of nitrogens with zero attached hydrogens (tertiary/aromatic N) is 2. The molecule has 2 aromatic carbocycles. The molecule has 1 aliphatic heterocycles. The summed E-state index contributed by atoms with van der Waals surface area (Å²) in [5.41, 5.74) is 6.44. The molecule has 3 heterocycles. The minimum atomic E-state index is -0.923. The summed E-state index contributed by atoms with van der Waals surface area (Å²) in [5, 5.41) is 0.646. The number of aryl methyl sites for hydroxylation is 2. The number of fused-ring (bicyclic) bond motifs is 2. The summed E-state index contributed by atoms with van der Waals surface area (Å²) in [6.45, 7) is 10.6. The van der Waals surface area contributed by atoms with Crippen molar-refractivity contribution in [3.63, 3.8) is 0 Å². The van der Waals surface area contributed by atoms with Crippen molar-refractivity contribution in [3.8, 4) is 28.1 Å². The zero-order chi connectivity index (χ0) is 27.0. The van der Waals surface area contributed by atoms with Crippen LogP contribution >= 0.6 is 11.6 Å². The fourth-order valence-corrected chi connectivity index (χ4v) is 5.18. The number of aromatic nitrogens is 2. The third-order valence-corrected chi connectivity index (χ3v) is 6.77. The number of benzene rings is 2. The van der Waals surface area contributed by atoms with Crippen molar-refractivity contribution in [2.24, 2.45) is 0 Å². The molecule has 0 fully saturated rings. The molecule has 4 aromatic rings. The average molecular weight is 533 g/mol. The van der Waals surface area contributed by atoms with E-state index >= 15 is 0 Å². The van der Waals surface area contributed by atoms with Crippen LogP contribution in [0.1, 0.15) is 56.9 Å². The maximum Gasteiger partial charge on any atom is 0.339 e. The Morgan fingerprint density at radius 1 is 1.16 bits per heavy atom. The number of carbonyl (C=O) groups excluding carboxylic acids is 1. The highest BCUT2D eigenvalue weighted by Crippen LogP contribution is 2.41. The SMILES string of the molecule is CCOC(=O)[C@@H](OC(C)(C)C)c1c(C)cn2cc(-c3cccc(Cl)c3)nc2c1-c1ccc2c(c1)CCCO2. The summed E-state index contributed by atoms with van der Waals surface area (Å²) in [7, 11) is 0. The number of esters is 1. The van der Waals surface area contributed by atoms with E-state index in [0.29, 0.717) is 5.02 Å². The van der Waals surface area contributed by atoms with Crippen LogP contribution < -0.4 is 4.74 Å². The first-order valence-corrected chi connectivity index (χ1v) is 13.4. The van der Waals surface area contributed by atoms with Gasteiger partial charge in [-0.25, -0.2) is 9.78 Å². The zero-order valence-electron chi connectivity index (χ0n) is 22.5. The van der Waals surface area contributed by atoms with Crippen molar-refractivity contribution < 1.29 is 19.0 Å². The van der Waals surface area contributed by atoms with Crippen LogP contribution in [0, 0.1) is 6.92 Å². The minimum absolute atomic E-state index is 0.262. The molecule has 7 heteroatoms. The maximum absolute atomic E-state index is 13.4. The number of hydrogen-bond donors (Lipinski definition) is 0. The van der Waals surface area contributed by atoms with Gasteiger partial charge in [-0.2, -0.15) is 0 Å². The summed E-state index contributed by atoms with van der Waals surface area (Å²) < 4.78 is 19.8. The van der Waals surface area contributed by atoms with E-state index in [1.165, 1.54) is 0 Å². The Labute approximate surface area is 228 Å². The Morgan fingerprint density at radius 3 is 2.71 bits per heavy atom. The lowest BCUT2D eigenvalue weighted by molar-refractivity contribution is -0.166. The number of ether oxygens (including phenoxy) is 3. The van der Waals surface area contributed by atoms with Gasteiger partial charge in [0.1, 0.15) is 11.4 Å². The van der Waals surface area contributed by atoms with Gasteiger partial charge in [0.15, 0.2) is 6.10 Å². The molecule has 0 spiro atoms. The summed E-state index contributed by atoms with van der Waals surface area (Å²) in [5.74, 6) is 0.486. The van der Waals surface area contributed by atoms with Crippen LogP contribution in [0.4, 0.5) is 0 Å². The fourth-order valence-electron chi connectivity index (χ4n) is 4.99. The monoisotopic (exact) mass is 532 g/mol. The summed E-state index contributed by atoms with van der Waals surface area (Å²) in [4.78, 5) is 18.4. The smallest absolute Gasteiger partial charge is 0.339 e. The van der Waals surface area contributed by atoms with Crippen LogP contribution in [0.5, 0.6) is 5.75 Å². The van der Waals surface area contributed by atoms with Gasteiger partial charge in [-0.05, 0) is 88.4 Å². The van der Waals surface area contributed by atoms with Crippen molar-refractivity contribution in [2.75, 3.05) is 13.2 Å². The van der Waals surface area contributed by atoms with Gasteiger partial charge in [-0.1, -0.05) is 29.8 Å². The zero-order valence-corrected chi connectivity index (χ0v) is 23.3. The second-order valence-corrected chi connectivity index (χ2v) is 11.0. The van der Waals surface area contributed by atoms with E-state index in [1.54, 1.807) is 6.92 Å². The lowest BCUT2D eigenvalue weighted by Gasteiger charge is -2.29. The first-order valence-electron chi connectivity index (χ1n) is 13.0. The van der Waals surface area contributed by atoms with Gasteiger partial charge in [0.25, 0.3) is 0 Å². The predicted molar refractivity (Wildman–Crippen MR) is 150 cm³/mol. The van der Waals surface area contributed by atoms with E-state index in [1.807, 2.05) is 80.9 Å². The molecule has 0 saturated heterocycles. The number of halogens is 1. The van der Waals surface area contributed by atoms with Crippen LogP contribution in [0.3, 0.4) is 0 Å². The summed E-state index contributed by atoms with van der Waals surface area (Å²) in [6.07, 6.45) is 4.96. The molecule has 38 heavy (non-hydrogen) atoms. The first-order chi connectivity index (χ1) is 18.1. The van der Waals surface area contributed by atoms with Crippen molar-refractivity contribution in [3.05, 3.63) is 76.6 Å². The number of rotatable bonds is 6. The minimum Gasteiger partial charge on any atom is -0.493 e. The second-order valence-electron chi connectivity index (χ2n) is 10.6. The third kappa shape index (κ3) is 5.29. The number of pyridine rings is 1. The second kappa shape index (κ2) is 10.4. The molecule has 198 valence electrons. The Hall–Kier alpha value is -3.35. The molecule has 0 bridgehead atoms. The first kappa shape index (κ1) is 26.3. The van der Waals surface area contributed by atoms with E-state index in [2.05, 4.69) is 6.07 Å². The van der Waals surface area contributed by atoms with Crippen LogP contribution in [-0.4, -0.2) is 34.2 Å². The van der Waals surface area contributed by atoms with E-state index < -0.39 is 17.7 Å². The highest BCUT2D eigenvalue weighted by molar-refractivity contribution is 6.30. The van der Waals surface area contributed by atoms with Crippen LogP contribution in [0.15, 0.2) is 54.9 Å². The highest BCUT2D eigenvalue weighted by atomic mass is 35.5. The third-order valence-electron chi connectivity index (χ3n) is 6.53. The molecule has 5 rings (SSSR count). The lowest BCUT2D eigenvalue weighted by Crippen LogP contribution is -2.29. The summed E-state index contributed by atoms with van der Waals surface area (Å²) >= 11 is 6.29. The molecule has 1 atom stereocenters. The highest BCUT2D eigenvalue weighted by Gasteiger charge is 2.34. The number of carbonyl (C=O) groups is 1. The molecule has 0 unspecified atom stereocenters. The number of imidazole rings is 1. The topological polar surface area (TPSA) is 62.1 Å². The van der Waals surface area contributed by atoms with Gasteiger partial charge in [-0.15, -0.1) is 0 Å². The average Bonchev–Trinajstić information content (AvgIpc) is 3.29. The Morgan fingerprint density at radius 2 is 1.97 bits per heavy atom. The van der Waals surface area contributed by atoms with E-state index in [-0.39, 0.29) is 6.61 Å². The summed E-state index contributed by atoms with van der Waals surface area (Å²) in [6, 6.07) is 13.8. The largest absolute Gasteiger partial charge is 0.493 e. The predicted octanol–water partition coefficient (Wildman–Crippen LogP) is 7.37. The van der Waals surface area contributed by atoms with Gasteiger partial charge in [-0.3, -0.25) is 0 Å². The lowest BCUT2D eigenvalue weighted by atomic mass is 9.91. The number of hydrogen-bond acceptors (Lipinski definition) is 5. The van der Waals surface area contributed by atoms with Crippen molar-refractivity contribution >= 4 is 23.2 Å². The molecule has 6 nitrogen and oxygen atoms in total. The Kier molecular flexibility index (Phi) is 7.21. The van der Waals surface area contributed by atoms with E-state index in [4.69, 9.17) is 30.8 Å². The quantitative estimate of drug-likeness (QED) is 0.242.